The van der Waals surface area contributed by atoms with Crippen molar-refractivity contribution >= 4 is 51.5 Å². The molecule has 5 aromatic rings. The Balaban J connectivity index is 1.30. The molecular weight excluding hydrogens is 567 g/mol. The van der Waals surface area contributed by atoms with E-state index in [1.54, 1.807) is 22.3 Å². The van der Waals surface area contributed by atoms with Crippen LogP contribution in [0.4, 0.5) is 28.4 Å². The van der Waals surface area contributed by atoms with Gasteiger partial charge in [0.2, 0.25) is 0 Å². The summed E-state index contributed by atoms with van der Waals surface area (Å²) in [6, 6.07) is 36.3. The zero-order valence-electron chi connectivity index (χ0n) is 28.1. The van der Waals surface area contributed by atoms with Crippen LogP contribution in [0.15, 0.2) is 91.0 Å². The third-order valence-corrected chi connectivity index (χ3v) is 12.0. The fourth-order valence-corrected chi connectivity index (χ4v) is 10.1. The molecule has 0 fully saturated rings. The number of hydrogen-bond donors (Lipinski definition) is 0. The molecule has 0 amide bonds. The highest BCUT2D eigenvalue weighted by molar-refractivity contribution is 7.00. The van der Waals surface area contributed by atoms with Crippen LogP contribution in [0.1, 0.15) is 84.5 Å². The molecule has 1 unspecified atom stereocenters. The van der Waals surface area contributed by atoms with Gasteiger partial charge in [0.05, 0.1) is 6.04 Å². The van der Waals surface area contributed by atoms with E-state index in [9.17, 15) is 0 Å². The van der Waals surface area contributed by atoms with E-state index in [0.29, 0.717) is 11.5 Å². The van der Waals surface area contributed by atoms with Crippen molar-refractivity contribution in [2.24, 2.45) is 5.41 Å². The second-order valence-corrected chi connectivity index (χ2v) is 15.9. The Morgan fingerprint density at radius 2 is 1.26 bits per heavy atom. The van der Waals surface area contributed by atoms with Crippen LogP contribution < -0.4 is 26.2 Å². The molecule has 1 atom stereocenters. The van der Waals surface area contributed by atoms with Crippen molar-refractivity contribution in [2.75, 3.05) is 9.80 Å². The number of aryl methyl sites for hydroxylation is 4. The molecule has 0 saturated carbocycles. The fraction of sp³-hybridized carbons (Fsp3) is 0.318. The molecule has 0 aromatic heterocycles. The lowest BCUT2D eigenvalue weighted by Crippen LogP contribution is -2.62. The van der Waals surface area contributed by atoms with Gasteiger partial charge in [0.15, 0.2) is 0 Å². The van der Waals surface area contributed by atoms with Gasteiger partial charge in [0.1, 0.15) is 0 Å². The molecular formula is C44H43BN2. The van der Waals surface area contributed by atoms with Gasteiger partial charge in [-0.25, -0.2) is 0 Å². The summed E-state index contributed by atoms with van der Waals surface area (Å²) in [5.41, 5.74) is 22.3. The first-order chi connectivity index (χ1) is 22.9. The minimum absolute atomic E-state index is 0.224. The van der Waals surface area contributed by atoms with Crippen LogP contribution in [0.25, 0.3) is 0 Å². The summed E-state index contributed by atoms with van der Waals surface area (Å²) < 4.78 is 0. The number of fused-ring (bicyclic) bond motifs is 7. The molecule has 10 rings (SSSR count). The van der Waals surface area contributed by atoms with Crippen molar-refractivity contribution in [1.29, 1.82) is 0 Å². The van der Waals surface area contributed by atoms with E-state index in [1.165, 1.54) is 106 Å². The Kier molecular flexibility index (Phi) is 6.00. The van der Waals surface area contributed by atoms with E-state index >= 15 is 0 Å². The summed E-state index contributed by atoms with van der Waals surface area (Å²) in [7, 11) is 0. The molecule has 0 N–H and O–H groups in total. The number of hydrogen-bond acceptors (Lipinski definition) is 2. The lowest BCUT2D eigenvalue weighted by molar-refractivity contribution is 0.392. The maximum Gasteiger partial charge on any atom is 0.252 e. The summed E-state index contributed by atoms with van der Waals surface area (Å²) in [6.45, 7) is 7.45. The summed E-state index contributed by atoms with van der Waals surface area (Å²) >= 11 is 0. The monoisotopic (exact) mass is 610 g/mol. The summed E-state index contributed by atoms with van der Waals surface area (Å²) in [4.78, 5) is 5.43. The van der Waals surface area contributed by atoms with Crippen molar-refractivity contribution in [1.82, 2.24) is 0 Å². The van der Waals surface area contributed by atoms with E-state index in [2.05, 4.69) is 122 Å². The first-order valence-corrected chi connectivity index (χ1v) is 18.1. The van der Waals surface area contributed by atoms with E-state index in [4.69, 9.17) is 0 Å². The van der Waals surface area contributed by atoms with E-state index in [0.717, 1.165) is 12.8 Å². The zero-order valence-corrected chi connectivity index (χ0v) is 28.1. The topological polar surface area (TPSA) is 6.48 Å². The number of para-hydroxylation sites is 1. The largest absolute Gasteiger partial charge is 0.335 e. The summed E-state index contributed by atoms with van der Waals surface area (Å²) in [5, 5.41) is 0. The SMILES string of the molecule is Cc1cc2c3c(c1)N(C1CCCc4ccccc41)c1cc4c(cc1B3c1cc3c(cc1N2c1ccccc1)CCCC3)CC(C)(C)C4. The lowest BCUT2D eigenvalue weighted by Gasteiger charge is -2.48. The molecule has 0 spiro atoms. The van der Waals surface area contributed by atoms with Gasteiger partial charge in [-0.05, 0) is 162 Å². The van der Waals surface area contributed by atoms with Crippen LogP contribution >= 0.6 is 0 Å². The summed E-state index contributed by atoms with van der Waals surface area (Å²) in [6.07, 6.45) is 10.9. The molecule has 3 heteroatoms. The van der Waals surface area contributed by atoms with Crippen LogP contribution in [0.5, 0.6) is 0 Å². The van der Waals surface area contributed by atoms with Gasteiger partial charge in [-0.2, -0.15) is 0 Å². The molecule has 5 aromatic carbocycles. The van der Waals surface area contributed by atoms with Gasteiger partial charge in [-0.3, -0.25) is 0 Å². The number of benzene rings is 5. The minimum Gasteiger partial charge on any atom is -0.335 e. The molecule has 0 saturated heterocycles. The Morgan fingerprint density at radius 3 is 2.09 bits per heavy atom. The molecule has 3 aliphatic carbocycles. The Labute approximate surface area is 280 Å². The van der Waals surface area contributed by atoms with E-state index in [1.807, 2.05) is 0 Å². The highest BCUT2D eigenvalue weighted by Gasteiger charge is 2.46. The Morgan fingerprint density at radius 1 is 0.617 bits per heavy atom. The maximum atomic E-state index is 2.81. The highest BCUT2D eigenvalue weighted by atomic mass is 15.2. The smallest absolute Gasteiger partial charge is 0.252 e. The number of rotatable bonds is 2. The summed E-state index contributed by atoms with van der Waals surface area (Å²) in [5.74, 6) is 0. The number of anilines is 5. The minimum atomic E-state index is 0.224. The average Bonchev–Trinajstić information content (AvgIpc) is 3.39. The average molecular weight is 611 g/mol. The first kappa shape index (κ1) is 27.8. The van der Waals surface area contributed by atoms with Crippen molar-refractivity contribution in [3.05, 3.63) is 130 Å². The third-order valence-electron chi connectivity index (χ3n) is 12.0. The van der Waals surface area contributed by atoms with E-state index in [-0.39, 0.29) is 6.71 Å². The first-order valence-electron chi connectivity index (χ1n) is 18.1. The molecule has 47 heavy (non-hydrogen) atoms. The molecule has 0 bridgehead atoms. The molecule has 0 radical (unpaired) electrons. The van der Waals surface area contributed by atoms with Crippen molar-refractivity contribution < 1.29 is 0 Å². The van der Waals surface area contributed by atoms with Crippen molar-refractivity contribution in [3.63, 3.8) is 0 Å². The standard InChI is InChI=1S/C44H43BN2/c1-28-20-41-43-42(21-28)47(38-19-11-15-29-12-9-10-18-35(29)38)40-25-33-27-44(2,3)26-32(33)23-37(40)45(43)36-22-30-13-7-8-14-31(30)24-39(36)46(41)34-16-5-4-6-17-34/h4-6,9-10,12,16-18,20-25,38H,7-8,11,13-15,19,26-27H2,1-3H3. The molecule has 2 heterocycles. The molecule has 2 aliphatic heterocycles. The third kappa shape index (κ3) is 4.18. The normalized spacial score (nSPS) is 19.7. The lowest BCUT2D eigenvalue weighted by atomic mass is 9.33. The van der Waals surface area contributed by atoms with Crippen LogP contribution in [-0.2, 0) is 32.1 Å². The van der Waals surface area contributed by atoms with Crippen LogP contribution in [0.2, 0.25) is 0 Å². The second-order valence-electron chi connectivity index (χ2n) is 15.9. The molecule has 2 nitrogen and oxygen atoms in total. The second kappa shape index (κ2) is 10.1. The number of nitrogens with zero attached hydrogens (tertiary/aromatic N) is 2. The molecule has 232 valence electrons. The fourth-order valence-electron chi connectivity index (χ4n) is 10.1. The molecule has 5 aliphatic rings. The predicted molar refractivity (Wildman–Crippen MR) is 199 cm³/mol. The maximum absolute atomic E-state index is 2.81. The zero-order chi connectivity index (χ0) is 31.4. The van der Waals surface area contributed by atoms with Gasteiger partial charge < -0.3 is 9.80 Å². The van der Waals surface area contributed by atoms with Crippen LogP contribution in [0.3, 0.4) is 0 Å². The Bertz CT molecular complexity index is 2090. The van der Waals surface area contributed by atoms with Gasteiger partial charge in [-0.1, -0.05) is 68.4 Å². The Hall–Kier alpha value is -4.24. The van der Waals surface area contributed by atoms with Gasteiger partial charge in [0, 0.05) is 28.4 Å². The quantitative estimate of drug-likeness (QED) is 0.181. The van der Waals surface area contributed by atoms with Crippen molar-refractivity contribution in [3.8, 4) is 0 Å². The van der Waals surface area contributed by atoms with Crippen molar-refractivity contribution in [2.45, 2.75) is 84.6 Å². The van der Waals surface area contributed by atoms with Gasteiger partial charge in [0.25, 0.3) is 6.71 Å². The van der Waals surface area contributed by atoms with Crippen LogP contribution in [-0.4, -0.2) is 6.71 Å². The van der Waals surface area contributed by atoms with Crippen LogP contribution in [0, 0.1) is 12.3 Å². The highest BCUT2D eigenvalue weighted by Crippen LogP contribution is 2.49. The predicted octanol–water partition coefficient (Wildman–Crippen LogP) is 8.83. The van der Waals surface area contributed by atoms with Gasteiger partial charge in [-0.15, -0.1) is 0 Å². The van der Waals surface area contributed by atoms with E-state index < -0.39 is 0 Å². The van der Waals surface area contributed by atoms with Gasteiger partial charge >= 0.3 is 0 Å².